The Morgan fingerprint density at radius 2 is 1.76 bits per heavy atom. The number of aromatic nitrogens is 1. The lowest BCUT2D eigenvalue weighted by molar-refractivity contribution is -0.384. The fourth-order valence-electron chi connectivity index (χ4n) is 4.26. The predicted octanol–water partition coefficient (Wildman–Crippen LogP) is 5.91. The lowest BCUT2D eigenvalue weighted by Crippen LogP contribution is -2.16. The van der Waals surface area contributed by atoms with Crippen LogP contribution >= 0.6 is 11.3 Å². The fraction of sp³-hybridized carbons (Fsp3) is 0.200. The summed E-state index contributed by atoms with van der Waals surface area (Å²) in [5.74, 6) is -0.353. The average molecular weight is 461 g/mol. The molecule has 7 nitrogen and oxygen atoms in total. The van der Waals surface area contributed by atoms with E-state index in [4.69, 9.17) is 0 Å². The molecule has 8 heteroatoms. The van der Waals surface area contributed by atoms with Crippen LogP contribution in [0.4, 0.5) is 5.69 Å². The summed E-state index contributed by atoms with van der Waals surface area (Å²) in [7, 11) is 0. The number of fused-ring (bicyclic) bond motifs is 1. The van der Waals surface area contributed by atoms with Gasteiger partial charge in [-0.25, -0.2) is 5.43 Å². The first-order valence-electron chi connectivity index (χ1n) is 10.4. The number of carbonyl (C=O) groups excluding carboxylic acids is 1. The Balaban J connectivity index is 1.56. The van der Waals surface area contributed by atoms with Crippen molar-refractivity contribution in [2.75, 3.05) is 0 Å². The molecule has 0 radical (unpaired) electrons. The van der Waals surface area contributed by atoms with Crippen LogP contribution in [0.2, 0.25) is 0 Å². The summed E-state index contributed by atoms with van der Waals surface area (Å²) in [6, 6.07) is 12.6. The SMILES string of the molecule is Cc1cc(C)c(-n2c(C)cc(/C=N\NC(=O)c3cc4cc([N+](=O)[O-])ccc4s3)c2C)c(C)c1. The third kappa shape index (κ3) is 4.29. The molecule has 1 amide bonds. The molecule has 0 aliphatic carbocycles. The summed E-state index contributed by atoms with van der Waals surface area (Å²) in [6.45, 7) is 10.4. The van der Waals surface area contributed by atoms with Crippen LogP contribution < -0.4 is 5.43 Å². The van der Waals surface area contributed by atoms with E-state index in [1.807, 2.05) is 13.0 Å². The standard InChI is InChI=1S/C25H24N4O3S/c1-14-8-15(2)24(16(3)9-14)28-17(4)10-20(18(28)5)13-26-27-25(30)23-12-19-11-21(29(31)32)6-7-22(19)33-23/h6-13H,1-5H3,(H,27,30)/b26-13-. The van der Waals surface area contributed by atoms with E-state index in [1.165, 1.54) is 45.8 Å². The number of benzene rings is 2. The number of amides is 1. The van der Waals surface area contributed by atoms with Crippen molar-refractivity contribution in [3.8, 4) is 5.69 Å². The number of thiophene rings is 1. The summed E-state index contributed by atoms with van der Waals surface area (Å²) in [4.78, 5) is 23.5. The molecule has 0 aliphatic rings. The first-order valence-corrected chi connectivity index (χ1v) is 11.3. The van der Waals surface area contributed by atoms with Gasteiger partial charge in [0, 0.05) is 39.2 Å². The minimum absolute atomic E-state index is 0.000291. The zero-order valence-corrected chi connectivity index (χ0v) is 19.9. The molecule has 2 aromatic carbocycles. The van der Waals surface area contributed by atoms with Crippen LogP contribution in [-0.2, 0) is 0 Å². The largest absolute Gasteiger partial charge is 0.317 e. The van der Waals surface area contributed by atoms with Crippen molar-refractivity contribution in [2.45, 2.75) is 34.6 Å². The molecule has 0 saturated carbocycles. The van der Waals surface area contributed by atoms with E-state index in [0.29, 0.717) is 10.3 Å². The van der Waals surface area contributed by atoms with Crippen LogP contribution in [0, 0.1) is 44.7 Å². The van der Waals surface area contributed by atoms with Crippen LogP contribution in [0.3, 0.4) is 0 Å². The second kappa shape index (κ2) is 8.63. The molecule has 0 saturated heterocycles. The first-order chi connectivity index (χ1) is 15.7. The summed E-state index contributed by atoms with van der Waals surface area (Å²) in [5.41, 5.74) is 10.4. The van der Waals surface area contributed by atoms with E-state index in [9.17, 15) is 14.9 Å². The highest BCUT2D eigenvalue weighted by molar-refractivity contribution is 7.20. The molecule has 0 unspecified atom stereocenters. The Bertz CT molecular complexity index is 1420. The molecule has 0 fully saturated rings. The Morgan fingerprint density at radius 1 is 1.06 bits per heavy atom. The van der Waals surface area contributed by atoms with Crippen molar-refractivity contribution < 1.29 is 9.72 Å². The van der Waals surface area contributed by atoms with Gasteiger partial charge in [0.25, 0.3) is 11.6 Å². The molecule has 0 bridgehead atoms. The van der Waals surface area contributed by atoms with Crippen molar-refractivity contribution >= 4 is 39.2 Å². The van der Waals surface area contributed by atoms with Crippen molar-refractivity contribution in [1.29, 1.82) is 0 Å². The molecule has 0 spiro atoms. The van der Waals surface area contributed by atoms with Crippen LogP contribution in [0.25, 0.3) is 15.8 Å². The minimum Gasteiger partial charge on any atom is -0.317 e. The Kier molecular flexibility index (Phi) is 5.86. The van der Waals surface area contributed by atoms with Gasteiger partial charge in [0.1, 0.15) is 0 Å². The van der Waals surface area contributed by atoms with Crippen LogP contribution in [0.1, 0.15) is 43.3 Å². The number of carbonyl (C=O) groups is 1. The first kappa shape index (κ1) is 22.4. The summed E-state index contributed by atoms with van der Waals surface area (Å²) < 4.78 is 3.02. The minimum atomic E-state index is -0.447. The molecule has 0 aliphatic heterocycles. The second-order valence-electron chi connectivity index (χ2n) is 8.20. The Labute approximate surface area is 195 Å². The number of hydrogen-bond donors (Lipinski definition) is 1. The smallest absolute Gasteiger partial charge is 0.281 e. The Hall–Kier alpha value is -3.78. The van der Waals surface area contributed by atoms with Gasteiger partial charge in [-0.15, -0.1) is 11.3 Å². The average Bonchev–Trinajstić information content (AvgIpc) is 3.29. The monoisotopic (exact) mass is 460 g/mol. The van der Waals surface area contributed by atoms with Gasteiger partial charge in [-0.05, 0) is 63.9 Å². The molecule has 0 atom stereocenters. The van der Waals surface area contributed by atoms with Gasteiger partial charge in [0.05, 0.1) is 21.7 Å². The van der Waals surface area contributed by atoms with Gasteiger partial charge in [0.15, 0.2) is 0 Å². The Morgan fingerprint density at radius 3 is 2.42 bits per heavy atom. The van der Waals surface area contributed by atoms with Crippen molar-refractivity contribution in [1.82, 2.24) is 9.99 Å². The number of nitro benzene ring substituents is 1. The van der Waals surface area contributed by atoms with Crippen LogP contribution in [0.15, 0.2) is 47.6 Å². The van der Waals surface area contributed by atoms with Crippen molar-refractivity contribution in [3.63, 3.8) is 0 Å². The second-order valence-corrected chi connectivity index (χ2v) is 9.28. The fourth-order valence-corrected chi connectivity index (χ4v) is 5.19. The highest BCUT2D eigenvalue weighted by Gasteiger charge is 2.15. The van der Waals surface area contributed by atoms with Gasteiger partial charge < -0.3 is 4.57 Å². The summed E-state index contributed by atoms with van der Waals surface area (Å²) in [5, 5.41) is 15.8. The molecular formula is C25H24N4O3S. The van der Waals surface area contributed by atoms with Crippen molar-refractivity contribution in [2.24, 2.45) is 5.10 Å². The molecular weight excluding hydrogens is 436 g/mol. The number of non-ortho nitro benzene ring substituents is 1. The number of rotatable bonds is 5. The normalized spacial score (nSPS) is 11.4. The van der Waals surface area contributed by atoms with Gasteiger partial charge in [-0.1, -0.05) is 17.7 Å². The molecule has 2 aromatic heterocycles. The lowest BCUT2D eigenvalue weighted by atomic mass is 10.0. The van der Waals surface area contributed by atoms with Crippen LogP contribution in [0.5, 0.6) is 0 Å². The van der Waals surface area contributed by atoms with E-state index in [0.717, 1.165) is 21.7 Å². The topological polar surface area (TPSA) is 89.5 Å². The van der Waals surface area contributed by atoms with Crippen molar-refractivity contribution in [3.05, 3.63) is 91.1 Å². The number of aryl methyl sites for hydroxylation is 4. The van der Waals surface area contributed by atoms with Gasteiger partial charge in [-0.2, -0.15) is 5.10 Å². The van der Waals surface area contributed by atoms with Gasteiger partial charge in [0.2, 0.25) is 0 Å². The summed E-state index contributed by atoms with van der Waals surface area (Å²) in [6.07, 6.45) is 1.65. The lowest BCUT2D eigenvalue weighted by Gasteiger charge is -2.16. The van der Waals surface area contributed by atoms with Crippen LogP contribution in [-0.4, -0.2) is 21.6 Å². The highest BCUT2D eigenvalue weighted by atomic mass is 32.1. The maximum absolute atomic E-state index is 12.6. The van der Waals surface area contributed by atoms with E-state index in [2.05, 4.69) is 54.9 Å². The molecule has 33 heavy (non-hydrogen) atoms. The van der Waals surface area contributed by atoms with E-state index < -0.39 is 4.92 Å². The molecule has 2 heterocycles. The molecule has 168 valence electrons. The zero-order chi connectivity index (χ0) is 23.9. The third-order valence-corrected chi connectivity index (χ3v) is 6.75. The maximum Gasteiger partial charge on any atom is 0.281 e. The number of nitrogens with zero attached hydrogens (tertiary/aromatic N) is 3. The number of hydrogen-bond acceptors (Lipinski definition) is 5. The quantitative estimate of drug-likeness (QED) is 0.228. The van der Waals surface area contributed by atoms with E-state index in [1.54, 1.807) is 18.3 Å². The van der Waals surface area contributed by atoms with E-state index >= 15 is 0 Å². The van der Waals surface area contributed by atoms with Gasteiger partial charge >= 0.3 is 0 Å². The highest BCUT2D eigenvalue weighted by Crippen LogP contribution is 2.29. The molecule has 1 N–H and O–H groups in total. The maximum atomic E-state index is 12.6. The predicted molar refractivity (Wildman–Crippen MR) is 133 cm³/mol. The van der Waals surface area contributed by atoms with E-state index in [-0.39, 0.29) is 11.6 Å². The molecule has 4 aromatic rings. The summed E-state index contributed by atoms with van der Waals surface area (Å²) >= 11 is 1.27. The third-order valence-electron chi connectivity index (χ3n) is 5.63. The number of hydrazone groups is 1. The van der Waals surface area contributed by atoms with Gasteiger partial charge in [-0.3, -0.25) is 14.9 Å². The number of nitro groups is 1. The molecule has 4 rings (SSSR count). The number of nitrogens with one attached hydrogen (secondary N) is 1. The zero-order valence-electron chi connectivity index (χ0n) is 19.1.